The Morgan fingerprint density at radius 1 is 1.50 bits per heavy atom. The summed E-state index contributed by atoms with van der Waals surface area (Å²) in [6.07, 6.45) is 0.921. The van der Waals surface area contributed by atoms with E-state index in [1.165, 1.54) is 11.3 Å². The Morgan fingerprint density at radius 3 is 3.08 bits per heavy atom. The number of aromatic nitrogens is 2. The highest BCUT2D eigenvalue weighted by atomic mass is 35.5. The van der Waals surface area contributed by atoms with Gasteiger partial charge in [0.15, 0.2) is 0 Å². The lowest BCUT2D eigenvalue weighted by molar-refractivity contribution is -0.129. The Labute approximate surface area is 160 Å². The second-order valence-electron chi connectivity index (χ2n) is 6.44. The molecule has 0 unspecified atom stereocenters. The maximum Gasteiger partial charge on any atom is 0.237 e. The summed E-state index contributed by atoms with van der Waals surface area (Å²) in [7, 11) is 1.96. The van der Waals surface area contributed by atoms with Crippen molar-refractivity contribution < 1.29 is 9.53 Å². The number of thiazole rings is 1. The third-order valence-corrected chi connectivity index (χ3v) is 5.56. The molecule has 0 bridgehead atoms. The van der Waals surface area contributed by atoms with Gasteiger partial charge in [-0.25, -0.2) is 4.98 Å². The van der Waals surface area contributed by atoms with Crippen molar-refractivity contribution in [3.8, 4) is 5.75 Å². The maximum atomic E-state index is 12.1. The number of aromatic amines is 1. The first-order valence-corrected chi connectivity index (χ1v) is 9.71. The Bertz CT molecular complexity index is 925. The fourth-order valence-electron chi connectivity index (χ4n) is 3.01. The standard InChI is InChI=1S/C18H19ClN4O2S/c1-23-3-2-16(23)18(24)20-7-12-4-11-5-14(19)17(6-15(11)22-12)25-8-13-9-26-10-21-13/h4-6,9-10,16,22H,2-3,7-8H2,1H3,(H,20,24)/t16-/m1/s1. The molecule has 26 heavy (non-hydrogen) atoms. The second kappa shape index (κ2) is 7.26. The summed E-state index contributed by atoms with van der Waals surface area (Å²) < 4.78 is 5.78. The number of ether oxygens (including phenoxy) is 1. The van der Waals surface area contributed by atoms with Crippen LogP contribution in [0.4, 0.5) is 0 Å². The number of nitrogens with zero attached hydrogens (tertiary/aromatic N) is 2. The first kappa shape index (κ1) is 17.3. The molecule has 4 rings (SSSR count). The number of halogens is 1. The lowest BCUT2D eigenvalue weighted by Crippen LogP contribution is -2.53. The van der Waals surface area contributed by atoms with Gasteiger partial charge in [0.1, 0.15) is 12.4 Å². The van der Waals surface area contributed by atoms with Crippen molar-refractivity contribution in [3.63, 3.8) is 0 Å². The number of rotatable bonds is 6. The minimum atomic E-state index is -0.000426. The number of likely N-dealkylation sites (N-methyl/N-ethyl adjacent to an activating group) is 1. The molecule has 3 heterocycles. The molecule has 136 valence electrons. The number of hydrogen-bond acceptors (Lipinski definition) is 5. The van der Waals surface area contributed by atoms with Crippen LogP contribution in [0.15, 0.2) is 29.1 Å². The van der Waals surface area contributed by atoms with Gasteiger partial charge in [-0.1, -0.05) is 11.6 Å². The van der Waals surface area contributed by atoms with Crippen molar-refractivity contribution in [3.05, 3.63) is 45.5 Å². The van der Waals surface area contributed by atoms with E-state index in [9.17, 15) is 4.79 Å². The van der Waals surface area contributed by atoms with Gasteiger partial charge in [0, 0.05) is 34.6 Å². The number of H-pyrrole nitrogens is 1. The molecule has 3 aromatic rings. The maximum absolute atomic E-state index is 12.1. The van der Waals surface area contributed by atoms with Gasteiger partial charge in [-0.15, -0.1) is 11.3 Å². The summed E-state index contributed by atoms with van der Waals surface area (Å²) in [6.45, 7) is 1.82. The van der Waals surface area contributed by atoms with Gasteiger partial charge >= 0.3 is 0 Å². The van der Waals surface area contributed by atoms with Gasteiger partial charge in [0.2, 0.25) is 5.91 Å². The zero-order valence-corrected chi connectivity index (χ0v) is 15.9. The van der Waals surface area contributed by atoms with E-state index in [2.05, 4.69) is 15.3 Å². The Hall–Kier alpha value is -2.09. The highest BCUT2D eigenvalue weighted by Gasteiger charge is 2.30. The number of hydrogen-bond donors (Lipinski definition) is 2. The zero-order chi connectivity index (χ0) is 18.1. The molecule has 8 heteroatoms. The normalized spacial score (nSPS) is 17.2. The topological polar surface area (TPSA) is 70.2 Å². The summed E-state index contributed by atoms with van der Waals surface area (Å²) in [5.74, 6) is 0.684. The second-order valence-corrected chi connectivity index (χ2v) is 7.56. The minimum absolute atomic E-state index is 0.000426. The molecule has 0 spiro atoms. The van der Waals surface area contributed by atoms with E-state index in [0.717, 1.165) is 35.3 Å². The molecule has 0 radical (unpaired) electrons. The zero-order valence-electron chi connectivity index (χ0n) is 14.3. The van der Waals surface area contributed by atoms with Crippen molar-refractivity contribution in [1.82, 2.24) is 20.2 Å². The highest BCUT2D eigenvalue weighted by molar-refractivity contribution is 7.07. The number of nitrogens with one attached hydrogen (secondary N) is 2. The van der Waals surface area contributed by atoms with Crippen LogP contribution in [0.2, 0.25) is 5.02 Å². The molecule has 1 aliphatic heterocycles. The lowest BCUT2D eigenvalue weighted by atomic mass is 10.0. The van der Waals surface area contributed by atoms with E-state index in [-0.39, 0.29) is 11.9 Å². The Kier molecular flexibility index (Phi) is 4.84. The first-order chi connectivity index (χ1) is 12.6. The van der Waals surface area contributed by atoms with Crippen LogP contribution in [-0.4, -0.2) is 40.4 Å². The number of likely N-dealkylation sites (tertiary alicyclic amines) is 1. The van der Waals surface area contributed by atoms with Gasteiger partial charge in [0.05, 0.1) is 28.8 Å². The van der Waals surface area contributed by atoms with E-state index < -0.39 is 0 Å². The Balaban J connectivity index is 1.43. The van der Waals surface area contributed by atoms with E-state index in [1.807, 2.05) is 35.5 Å². The number of fused-ring (bicyclic) bond motifs is 1. The fourth-order valence-corrected chi connectivity index (χ4v) is 3.78. The number of benzene rings is 1. The van der Waals surface area contributed by atoms with Crippen LogP contribution in [0.1, 0.15) is 17.8 Å². The molecule has 2 N–H and O–H groups in total. The number of amides is 1. The molecule has 0 saturated carbocycles. The third kappa shape index (κ3) is 3.56. The molecule has 2 aromatic heterocycles. The van der Waals surface area contributed by atoms with Crippen LogP contribution in [0.3, 0.4) is 0 Å². The molecule has 6 nitrogen and oxygen atoms in total. The average molecular weight is 391 g/mol. The smallest absolute Gasteiger partial charge is 0.237 e. The summed E-state index contributed by atoms with van der Waals surface area (Å²) >= 11 is 7.86. The van der Waals surface area contributed by atoms with E-state index in [0.29, 0.717) is 23.9 Å². The summed E-state index contributed by atoms with van der Waals surface area (Å²) in [4.78, 5) is 21.7. The summed E-state index contributed by atoms with van der Waals surface area (Å²) in [6, 6.07) is 5.75. The largest absolute Gasteiger partial charge is 0.486 e. The van der Waals surface area contributed by atoms with Crippen molar-refractivity contribution >= 4 is 39.7 Å². The van der Waals surface area contributed by atoms with E-state index in [4.69, 9.17) is 16.3 Å². The third-order valence-electron chi connectivity index (χ3n) is 4.63. The predicted molar refractivity (Wildman–Crippen MR) is 103 cm³/mol. The Morgan fingerprint density at radius 2 is 2.38 bits per heavy atom. The average Bonchev–Trinajstić information content (AvgIpc) is 3.25. The predicted octanol–water partition coefficient (Wildman–Crippen LogP) is 3.18. The summed E-state index contributed by atoms with van der Waals surface area (Å²) in [5.41, 5.74) is 4.51. The minimum Gasteiger partial charge on any atom is -0.486 e. The number of carbonyl (C=O) groups excluding carboxylic acids is 1. The molecule has 1 fully saturated rings. The van der Waals surface area contributed by atoms with E-state index >= 15 is 0 Å². The van der Waals surface area contributed by atoms with Gasteiger partial charge in [-0.05, 0) is 25.6 Å². The van der Waals surface area contributed by atoms with Crippen molar-refractivity contribution in [2.24, 2.45) is 0 Å². The van der Waals surface area contributed by atoms with Gasteiger partial charge in [-0.3, -0.25) is 9.69 Å². The molecule has 1 atom stereocenters. The van der Waals surface area contributed by atoms with Crippen LogP contribution < -0.4 is 10.1 Å². The fraction of sp³-hybridized carbons (Fsp3) is 0.333. The molecule has 1 aliphatic rings. The van der Waals surface area contributed by atoms with Crippen LogP contribution in [-0.2, 0) is 17.9 Å². The number of carbonyl (C=O) groups is 1. The first-order valence-electron chi connectivity index (χ1n) is 8.39. The molecule has 1 aromatic carbocycles. The lowest BCUT2D eigenvalue weighted by Gasteiger charge is -2.36. The SMILES string of the molecule is CN1CC[C@@H]1C(=O)NCc1cc2cc(Cl)c(OCc3cscn3)cc2[nH]1. The molecule has 1 saturated heterocycles. The van der Waals surface area contributed by atoms with E-state index in [1.54, 1.807) is 5.51 Å². The van der Waals surface area contributed by atoms with Crippen molar-refractivity contribution in [2.45, 2.75) is 25.6 Å². The van der Waals surface area contributed by atoms with Gasteiger partial charge < -0.3 is 15.0 Å². The molecule has 0 aliphatic carbocycles. The molecular weight excluding hydrogens is 372 g/mol. The van der Waals surface area contributed by atoms with Crippen LogP contribution in [0, 0.1) is 0 Å². The quantitative estimate of drug-likeness (QED) is 0.678. The van der Waals surface area contributed by atoms with Crippen molar-refractivity contribution in [1.29, 1.82) is 0 Å². The highest BCUT2D eigenvalue weighted by Crippen LogP contribution is 2.31. The van der Waals surface area contributed by atoms with Crippen LogP contribution in [0.25, 0.3) is 10.9 Å². The van der Waals surface area contributed by atoms with Gasteiger partial charge in [-0.2, -0.15) is 0 Å². The van der Waals surface area contributed by atoms with Crippen LogP contribution >= 0.6 is 22.9 Å². The molecule has 1 amide bonds. The monoisotopic (exact) mass is 390 g/mol. The molecular formula is C18H19ClN4O2S. The van der Waals surface area contributed by atoms with Gasteiger partial charge in [0.25, 0.3) is 0 Å². The van der Waals surface area contributed by atoms with Crippen LogP contribution in [0.5, 0.6) is 5.75 Å². The van der Waals surface area contributed by atoms with Crippen molar-refractivity contribution in [2.75, 3.05) is 13.6 Å². The summed E-state index contributed by atoms with van der Waals surface area (Å²) in [5, 5.41) is 6.47.